The zero-order chi connectivity index (χ0) is 11.1. The fourth-order valence-electron chi connectivity index (χ4n) is 2.83. The first-order chi connectivity index (χ1) is 6.96. The van der Waals surface area contributed by atoms with E-state index in [0.717, 1.165) is 24.7 Å². The maximum atomic E-state index is 11.9. The second kappa shape index (κ2) is 3.80. The highest BCUT2D eigenvalue weighted by atomic mass is 16.6. The molecule has 0 aromatic rings. The summed E-state index contributed by atoms with van der Waals surface area (Å²) in [6, 6.07) is 0. The molecular weight excluding hydrogens is 188 g/mol. The third kappa shape index (κ3) is 2.53. The van der Waals surface area contributed by atoms with Gasteiger partial charge >= 0.3 is 5.97 Å². The molecule has 0 amide bonds. The molecule has 2 aliphatic rings. The smallest absolute Gasteiger partial charge is 0.309 e. The summed E-state index contributed by atoms with van der Waals surface area (Å²) in [5, 5.41) is 0. The molecule has 3 atom stereocenters. The molecule has 2 fully saturated rings. The molecule has 0 aromatic heterocycles. The van der Waals surface area contributed by atoms with Gasteiger partial charge < -0.3 is 4.74 Å². The molecule has 0 bridgehead atoms. The molecule has 2 rings (SSSR count). The van der Waals surface area contributed by atoms with Crippen molar-refractivity contribution in [2.75, 3.05) is 0 Å². The lowest BCUT2D eigenvalue weighted by molar-refractivity contribution is -0.163. The average molecular weight is 210 g/mol. The van der Waals surface area contributed by atoms with Gasteiger partial charge in [-0.2, -0.15) is 0 Å². The van der Waals surface area contributed by atoms with E-state index in [1.165, 1.54) is 19.3 Å². The fourth-order valence-corrected chi connectivity index (χ4v) is 2.83. The highest BCUT2D eigenvalue weighted by Crippen LogP contribution is 2.47. The molecule has 0 spiro atoms. The molecule has 0 aliphatic heterocycles. The van der Waals surface area contributed by atoms with Crippen LogP contribution in [0.15, 0.2) is 0 Å². The van der Waals surface area contributed by atoms with E-state index in [9.17, 15) is 4.79 Å². The maximum absolute atomic E-state index is 11.9. The second-order valence-electron chi connectivity index (χ2n) is 6.14. The van der Waals surface area contributed by atoms with E-state index in [4.69, 9.17) is 4.74 Å². The molecule has 2 aliphatic carbocycles. The third-order valence-electron chi connectivity index (χ3n) is 3.79. The number of hydrogen-bond acceptors (Lipinski definition) is 2. The van der Waals surface area contributed by atoms with E-state index >= 15 is 0 Å². The Morgan fingerprint density at radius 2 is 1.67 bits per heavy atom. The predicted molar refractivity (Wildman–Crippen MR) is 59.4 cm³/mol. The molecule has 2 nitrogen and oxygen atoms in total. The average Bonchev–Trinajstić information content (AvgIpc) is 2.04. The Labute approximate surface area is 92.4 Å². The van der Waals surface area contributed by atoms with Crippen LogP contribution in [-0.4, -0.2) is 11.6 Å². The van der Waals surface area contributed by atoms with Gasteiger partial charge in [0.05, 0.1) is 5.92 Å². The van der Waals surface area contributed by atoms with Gasteiger partial charge in [-0.25, -0.2) is 0 Å². The molecule has 2 heteroatoms. The van der Waals surface area contributed by atoms with Crippen LogP contribution in [-0.2, 0) is 9.53 Å². The van der Waals surface area contributed by atoms with Crippen molar-refractivity contribution < 1.29 is 9.53 Å². The van der Waals surface area contributed by atoms with E-state index in [1.54, 1.807) is 0 Å². The Morgan fingerprint density at radius 3 is 2.13 bits per heavy atom. The van der Waals surface area contributed by atoms with Crippen molar-refractivity contribution in [3.8, 4) is 0 Å². The Kier molecular flexibility index (Phi) is 2.78. The summed E-state index contributed by atoms with van der Waals surface area (Å²) >= 11 is 0. The van der Waals surface area contributed by atoms with Gasteiger partial charge in [-0.15, -0.1) is 0 Å². The Morgan fingerprint density at radius 1 is 1.07 bits per heavy atom. The van der Waals surface area contributed by atoms with Crippen LogP contribution < -0.4 is 0 Å². The molecule has 0 saturated heterocycles. The molecule has 0 N–H and O–H groups in total. The van der Waals surface area contributed by atoms with Crippen molar-refractivity contribution in [2.24, 2.45) is 17.8 Å². The standard InChI is InChI=1S/C13H22O2/c1-13(2,3)15-12(14)11-7-5-9-4-6-10(9)8-11/h9-11H,4-8H2,1-3H3. The molecular formula is C13H22O2. The second-order valence-corrected chi connectivity index (χ2v) is 6.14. The first-order valence-corrected chi connectivity index (χ1v) is 6.18. The van der Waals surface area contributed by atoms with Crippen LogP contribution in [0.4, 0.5) is 0 Å². The van der Waals surface area contributed by atoms with Crippen molar-refractivity contribution in [3.63, 3.8) is 0 Å². The number of rotatable bonds is 1. The first kappa shape index (κ1) is 11.0. The van der Waals surface area contributed by atoms with E-state index in [2.05, 4.69) is 0 Å². The molecule has 0 aromatic carbocycles. The van der Waals surface area contributed by atoms with Crippen molar-refractivity contribution in [3.05, 3.63) is 0 Å². The van der Waals surface area contributed by atoms with E-state index < -0.39 is 0 Å². The van der Waals surface area contributed by atoms with E-state index in [1.807, 2.05) is 20.8 Å². The van der Waals surface area contributed by atoms with Crippen LogP contribution >= 0.6 is 0 Å². The summed E-state index contributed by atoms with van der Waals surface area (Å²) in [5.41, 5.74) is -0.326. The molecule has 15 heavy (non-hydrogen) atoms. The summed E-state index contributed by atoms with van der Waals surface area (Å²) < 4.78 is 5.45. The minimum absolute atomic E-state index is 0.0350. The summed E-state index contributed by atoms with van der Waals surface area (Å²) in [4.78, 5) is 11.9. The molecule has 3 unspecified atom stereocenters. The normalized spacial score (nSPS) is 35.3. The summed E-state index contributed by atoms with van der Waals surface area (Å²) in [7, 11) is 0. The Balaban J connectivity index is 1.86. The van der Waals surface area contributed by atoms with Gasteiger partial charge in [0.15, 0.2) is 0 Å². The van der Waals surface area contributed by atoms with Crippen molar-refractivity contribution in [2.45, 2.75) is 58.5 Å². The highest BCUT2D eigenvalue weighted by molar-refractivity contribution is 5.73. The number of ether oxygens (including phenoxy) is 1. The van der Waals surface area contributed by atoms with Crippen LogP contribution in [0.3, 0.4) is 0 Å². The maximum Gasteiger partial charge on any atom is 0.309 e. The lowest BCUT2D eigenvalue weighted by Crippen LogP contribution is -2.38. The minimum Gasteiger partial charge on any atom is -0.460 e. The third-order valence-corrected chi connectivity index (χ3v) is 3.79. The van der Waals surface area contributed by atoms with Gasteiger partial charge in [-0.3, -0.25) is 4.79 Å². The molecule has 86 valence electrons. The summed E-state index contributed by atoms with van der Waals surface area (Å²) in [6.45, 7) is 5.83. The topological polar surface area (TPSA) is 26.3 Å². The van der Waals surface area contributed by atoms with Gasteiger partial charge in [0.1, 0.15) is 5.60 Å². The number of carbonyl (C=O) groups excluding carboxylic acids is 1. The van der Waals surface area contributed by atoms with Crippen LogP contribution in [0.25, 0.3) is 0 Å². The van der Waals surface area contributed by atoms with Crippen LogP contribution in [0.1, 0.15) is 52.9 Å². The lowest BCUT2D eigenvalue weighted by Gasteiger charge is -2.43. The van der Waals surface area contributed by atoms with E-state index in [-0.39, 0.29) is 17.5 Å². The van der Waals surface area contributed by atoms with Crippen LogP contribution in [0, 0.1) is 17.8 Å². The highest BCUT2D eigenvalue weighted by Gasteiger charge is 2.40. The Hall–Kier alpha value is -0.530. The minimum atomic E-state index is -0.326. The van der Waals surface area contributed by atoms with Gasteiger partial charge in [0.25, 0.3) is 0 Å². The fraction of sp³-hybridized carbons (Fsp3) is 0.923. The van der Waals surface area contributed by atoms with Crippen molar-refractivity contribution in [1.29, 1.82) is 0 Å². The number of esters is 1. The van der Waals surface area contributed by atoms with Gasteiger partial charge in [-0.05, 0) is 64.7 Å². The Bertz CT molecular complexity index is 252. The first-order valence-electron chi connectivity index (χ1n) is 6.18. The summed E-state index contributed by atoms with van der Waals surface area (Å²) in [6.07, 6.45) is 6.11. The zero-order valence-electron chi connectivity index (χ0n) is 10.1. The quantitative estimate of drug-likeness (QED) is 0.621. The van der Waals surface area contributed by atoms with E-state index in [0.29, 0.717) is 0 Å². The summed E-state index contributed by atoms with van der Waals surface area (Å²) in [5.74, 6) is 1.98. The predicted octanol–water partition coefficient (Wildman–Crippen LogP) is 3.15. The molecule has 0 heterocycles. The van der Waals surface area contributed by atoms with Gasteiger partial charge in [0.2, 0.25) is 0 Å². The largest absolute Gasteiger partial charge is 0.460 e. The molecule has 2 saturated carbocycles. The number of carbonyl (C=O) groups is 1. The van der Waals surface area contributed by atoms with Gasteiger partial charge in [-0.1, -0.05) is 0 Å². The van der Waals surface area contributed by atoms with Crippen molar-refractivity contribution >= 4 is 5.97 Å². The number of fused-ring (bicyclic) bond motifs is 1. The van der Waals surface area contributed by atoms with Crippen LogP contribution in [0.5, 0.6) is 0 Å². The SMILES string of the molecule is CC(C)(C)OC(=O)C1CCC2CCC2C1. The number of hydrogen-bond donors (Lipinski definition) is 0. The van der Waals surface area contributed by atoms with Crippen molar-refractivity contribution in [1.82, 2.24) is 0 Å². The monoisotopic (exact) mass is 210 g/mol. The zero-order valence-corrected chi connectivity index (χ0v) is 10.1. The molecule has 0 radical (unpaired) electrons. The van der Waals surface area contributed by atoms with Gasteiger partial charge in [0, 0.05) is 0 Å². The lowest BCUT2D eigenvalue weighted by atomic mass is 9.63. The van der Waals surface area contributed by atoms with Crippen LogP contribution in [0.2, 0.25) is 0 Å².